The van der Waals surface area contributed by atoms with Gasteiger partial charge in [-0.25, -0.2) is 4.98 Å². The maximum atomic E-state index is 9.00. The molecule has 4 nitrogen and oxygen atoms in total. The number of benzene rings is 1. The van der Waals surface area contributed by atoms with Gasteiger partial charge in [0.2, 0.25) is 0 Å². The molecule has 0 unspecified atom stereocenters. The van der Waals surface area contributed by atoms with Gasteiger partial charge < -0.3 is 9.64 Å². The first-order chi connectivity index (χ1) is 8.17. The molecule has 0 atom stereocenters. The summed E-state index contributed by atoms with van der Waals surface area (Å²) in [6.45, 7) is 0. The van der Waals surface area contributed by atoms with Gasteiger partial charge in [0.05, 0.1) is 7.11 Å². The highest BCUT2D eigenvalue weighted by molar-refractivity contribution is 5.95. The lowest BCUT2D eigenvalue weighted by atomic mass is 10.1. The largest absolute Gasteiger partial charge is 0.494 e. The summed E-state index contributed by atoms with van der Waals surface area (Å²) in [7, 11) is 5.48. The van der Waals surface area contributed by atoms with Gasteiger partial charge in [-0.3, -0.25) is 0 Å². The van der Waals surface area contributed by atoms with E-state index >= 15 is 0 Å². The van der Waals surface area contributed by atoms with E-state index in [1.165, 1.54) is 0 Å². The number of rotatable bonds is 2. The summed E-state index contributed by atoms with van der Waals surface area (Å²) >= 11 is 0. The minimum Gasteiger partial charge on any atom is -0.494 e. The molecule has 1 aromatic heterocycles. The van der Waals surface area contributed by atoms with Gasteiger partial charge in [0.1, 0.15) is 23.0 Å². The Labute approximate surface area is 100 Å². The number of nitrogens with zero attached hydrogens (tertiary/aromatic N) is 3. The molecule has 0 fully saturated rings. The minimum absolute atomic E-state index is 0.394. The summed E-state index contributed by atoms with van der Waals surface area (Å²) in [5.74, 6) is 0.683. The third-order valence-corrected chi connectivity index (χ3v) is 2.60. The van der Waals surface area contributed by atoms with Gasteiger partial charge in [-0.15, -0.1) is 0 Å². The standard InChI is InChI=1S/C13H13N3O/c1-16(2)11-7-9(8-14)15-13-10(11)5-4-6-12(13)17-3/h4-7H,1-3H3. The number of anilines is 1. The molecule has 0 bridgehead atoms. The van der Waals surface area contributed by atoms with E-state index in [2.05, 4.69) is 11.1 Å². The van der Waals surface area contributed by atoms with Gasteiger partial charge in [-0.1, -0.05) is 12.1 Å². The first-order valence-corrected chi connectivity index (χ1v) is 5.22. The van der Waals surface area contributed by atoms with E-state index in [4.69, 9.17) is 10.00 Å². The molecule has 0 N–H and O–H groups in total. The summed E-state index contributed by atoms with van der Waals surface area (Å²) in [5.41, 5.74) is 2.08. The van der Waals surface area contributed by atoms with Crippen LogP contribution in [0.15, 0.2) is 24.3 Å². The smallest absolute Gasteiger partial charge is 0.145 e. The summed E-state index contributed by atoms with van der Waals surface area (Å²) < 4.78 is 5.27. The molecule has 4 heteroatoms. The molecule has 0 radical (unpaired) electrons. The van der Waals surface area contributed by atoms with E-state index < -0.39 is 0 Å². The van der Waals surface area contributed by atoms with Crippen LogP contribution in [0.4, 0.5) is 5.69 Å². The zero-order valence-electron chi connectivity index (χ0n) is 10.1. The average Bonchev–Trinajstić information content (AvgIpc) is 2.36. The van der Waals surface area contributed by atoms with Crippen molar-refractivity contribution in [2.45, 2.75) is 0 Å². The topological polar surface area (TPSA) is 49.1 Å². The number of pyridine rings is 1. The van der Waals surface area contributed by atoms with Crippen LogP contribution < -0.4 is 9.64 Å². The molecular formula is C13H13N3O. The fraction of sp³-hybridized carbons (Fsp3) is 0.231. The van der Waals surface area contributed by atoms with Crippen molar-refractivity contribution in [1.29, 1.82) is 5.26 Å². The first kappa shape index (κ1) is 11.2. The molecule has 0 aliphatic rings. The number of ether oxygens (including phenoxy) is 1. The van der Waals surface area contributed by atoms with Crippen LogP contribution in [0.5, 0.6) is 5.75 Å². The third-order valence-electron chi connectivity index (χ3n) is 2.60. The average molecular weight is 227 g/mol. The van der Waals surface area contributed by atoms with Gasteiger partial charge in [0.15, 0.2) is 0 Å². The van der Waals surface area contributed by atoms with E-state index in [1.807, 2.05) is 37.2 Å². The highest BCUT2D eigenvalue weighted by atomic mass is 16.5. The van der Waals surface area contributed by atoms with E-state index in [0.29, 0.717) is 11.4 Å². The number of para-hydroxylation sites is 1. The summed E-state index contributed by atoms with van der Waals surface area (Å²) in [6.07, 6.45) is 0. The Bertz CT molecular complexity index is 599. The van der Waals surface area contributed by atoms with E-state index in [9.17, 15) is 0 Å². The molecular weight excluding hydrogens is 214 g/mol. The van der Waals surface area contributed by atoms with Gasteiger partial charge >= 0.3 is 0 Å². The zero-order chi connectivity index (χ0) is 12.4. The normalized spacial score (nSPS) is 10.0. The lowest BCUT2D eigenvalue weighted by Crippen LogP contribution is -2.10. The van der Waals surface area contributed by atoms with E-state index in [0.717, 1.165) is 16.6 Å². The molecule has 86 valence electrons. The minimum atomic E-state index is 0.394. The number of hydrogen-bond donors (Lipinski definition) is 0. The highest BCUT2D eigenvalue weighted by Gasteiger charge is 2.10. The Kier molecular flexibility index (Phi) is 2.84. The number of fused-ring (bicyclic) bond motifs is 1. The van der Waals surface area contributed by atoms with Crippen LogP contribution in [0.2, 0.25) is 0 Å². The van der Waals surface area contributed by atoms with Crippen LogP contribution in [-0.2, 0) is 0 Å². The molecule has 0 aliphatic carbocycles. The van der Waals surface area contributed by atoms with Crippen LogP contribution in [0.25, 0.3) is 10.9 Å². The number of aromatic nitrogens is 1. The molecule has 17 heavy (non-hydrogen) atoms. The maximum Gasteiger partial charge on any atom is 0.145 e. The highest BCUT2D eigenvalue weighted by Crippen LogP contribution is 2.30. The Balaban J connectivity index is 2.86. The summed E-state index contributed by atoms with van der Waals surface area (Å²) in [4.78, 5) is 6.26. The molecule has 2 rings (SSSR count). The van der Waals surface area contributed by atoms with Crippen molar-refractivity contribution in [3.63, 3.8) is 0 Å². The maximum absolute atomic E-state index is 9.00. The fourth-order valence-corrected chi connectivity index (χ4v) is 1.80. The van der Waals surface area contributed by atoms with Crippen molar-refractivity contribution in [3.8, 4) is 11.8 Å². The molecule has 0 saturated carbocycles. The molecule has 0 spiro atoms. The van der Waals surface area contributed by atoms with E-state index in [1.54, 1.807) is 13.2 Å². The molecule has 0 amide bonds. The van der Waals surface area contributed by atoms with E-state index in [-0.39, 0.29) is 0 Å². The lowest BCUT2D eigenvalue weighted by molar-refractivity contribution is 0.419. The monoisotopic (exact) mass is 227 g/mol. The molecule has 0 aliphatic heterocycles. The molecule has 1 aromatic carbocycles. The van der Waals surface area contributed by atoms with Crippen LogP contribution in [-0.4, -0.2) is 26.2 Å². The zero-order valence-corrected chi connectivity index (χ0v) is 10.1. The Morgan fingerprint density at radius 3 is 2.71 bits per heavy atom. The van der Waals surface area contributed by atoms with Crippen molar-refractivity contribution < 1.29 is 4.74 Å². The van der Waals surface area contributed by atoms with Gasteiger partial charge in [0.25, 0.3) is 0 Å². The quantitative estimate of drug-likeness (QED) is 0.789. The molecule has 2 aromatic rings. The van der Waals surface area contributed by atoms with Gasteiger partial charge in [-0.2, -0.15) is 5.26 Å². The van der Waals surface area contributed by atoms with Crippen LogP contribution >= 0.6 is 0 Å². The molecule has 1 heterocycles. The second-order valence-electron chi connectivity index (χ2n) is 3.89. The Morgan fingerprint density at radius 1 is 1.35 bits per heavy atom. The van der Waals surface area contributed by atoms with Crippen molar-refractivity contribution in [3.05, 3.63) is 30.0 Å². The second-order valence-corrected chi connectivity index (χ2v) is 3.89. The Hall–Kier alpha value is -2.28. The van der Waals surface area contributed by atoms with Crippen molar-refractivity contribution in [2.24, 2.45) is 0 Å². The number of hydrogen-bond acceptors (Lipinski definition) is 4. The van der Waals surface area contributed by atoms with Crippen molar-refractivity contribution in [2.75, 3.05) is 26.1 Å². The number of methoxy groups -OCH3 is 1. The van der Waals surface area contributed by atoms with Crippen LogP contribution in [0, 0.1) is 11.3 Å². The lowest BCUT2D eigenvalue weighted by Gasteiger charge is -2.16. The summed E-state index contributed by atoms with van der Waals surface area (Å²) in [5, 5.41) is 9.98. The van der Waals surface area contributed by atoms with Gasteiger partial charge in [-0.05, 0) is 12.1 Å². The van der Waals surface area contributed by atoms with Crippen LogP contribution in [0.1, 0.15) is 5.69 Å². The van der Waals surface area contributed by atoms with Crippen molar-refractivity contribution >= 4 is 16.6 Å². The number of nitriles is 1. The predicted molar refractivity (Wildman–Crippen MR) is 67.3 cm³/mol. The van der Waals surface area contributed by atoms with Crippen molar-refractivity contribution in [1.82, 2.24) is 4.98 Å². The van der Waals surface area contributed by atoms with Gasteiger partial charge in [0, 0.05) is 25.2 Å². The first-order valence-electron chi connectivity index (χ1n) is 5.22. The van der Waals surface area contributed by atoms with Crippen LogP contribution in [0.3, 0.4) is 0 Å². The second kappa shape index (κ2) is 4.30. The summed E-state index contributed by atoms with van der Waals surface area (Å²) in [6, 6.07) is 9.59. The predicted octanol–water partition coefficient (Wildman–Crippen LogP) is 2.18. The Morgan fingerprint density at radius 2 is 2.12 bits per heavy atom. The third kappa shape index (κ3) is 1.87. The molecule has 0 saturated heterocycles. The fourth-order valence-electron chi connectivity index (χ4n) is 1.80. The SMILES string of the molecule is COc1cccc2c(N(C)C)cc(C#N)nc12.